The van der Waals surface area contributed by atoms with E-state index < -0.39 is 12.1 Å². The number of nitrogens with zero attached hydrogens (tertiary/aromatic N) is 2. The van der Waals surface area contributed by atoms with Crippen molar-refractivity contribution in [2.24, 2.45) is 0 Å². The molecule has 0 radical (unpaired) electrons. The number of alkyl halides is 3. The van der Waals surface area contributed by atoms with Gasteiger partial charge in [0, 0.05) is 19.6 Å². The average molecular weight is 373 g/mol. The Hall–Kier alpha value is -2.62. The Balaban J connectivity index is 0.000000298. The van der Waals surface area contributed by atoms with Crippen molar-refractivity contribution < 1.29 is 32.6 Å². The molecule has 0 aliphatic carbocycles. The van der Waals surface area contributed by atoms with E-state index in [-0.39, 0.29) is 11.9 Å². The molecule has 0 bridgehead atoms. The highest BCUT2D eigenvalue weighted by Gasteiger charge is 2.38. The number of carboxylic acids is 1. The van der Waals surface area contributed by atoms with Gasteiger partial charge >= 0.3 is 12.1 Å². The lowest BCUT2D eigenvalue weighted by Gasteiger charge is -2.10. The van der Waals surface area contributed by atoms with Gasteiger partial charge in [0.1, 0.15) is 0 Å². The van der Waals surface area contributed by atoms with Crippen LogP contribution in [0.2, 0.25) is 0 Å². The second kappa shape index (κ2) is 8.65. The molecule has 1 atom stereocenters. The molecule has 7 nitrogen and oxygen atoms in total. The first-order chi connectivity index (χ1) is 12.3. The summed E-state index contributed by atoms with van der Waals surface area (Å²) in [5, 5.41) is 10.1. The van der Waals surface area contributed by atoms with Crippen molar-refractivity contribution in [3.63, 3.8) is 0 Å². The molecule has 2 heterocycles. The summed E-state index contributed by atoms with van der Waals surface area (Å²) in [7, 11) is 0. The van der Waals surface area contributed by atoms with E-state index in [1.165, 1.54) is 0 Å². The van der Waals surface area contributed by atoms with Gasteiger partial charge in [0.05, 0.1) is 30.0 Å². The molecule has 1 fully saturated rings. The van der Waals surface area contributed by atoms with Crippen molar-refractivity contribution in [2.75, 3.05) is 13.2 Å². The minimum absolute atomic E-state index is 0.0771. The number of carbonyl (C=O) groups is 2. The minimum atomic E-state index is -5.08. The van der Waals surface area contributed by atoms with Crippen molar-refractivity contribution in [1.82, 2.24) is 14.9 Å². The molecule has 0 saturated carbocycles. The Bertz CT molecular complexity index is 755. The molecule has 1 saturated heterocycles. The number of hydrogen-bond acceptors (Lipinski definition) is 4. The number of carbonyl (C=O) groups excluding carboxylic acids is 1. The molecule has 142 valence electrons. The number of para-hydroxylation sites is 2. The maximum Gasteiger partial charge on any atom is 0.490 e. The van der Waals surface area contributed by atoms with Gasteiger partial charge < -0.3 is 19.7 Å². The van der Waals surface area contributed by atoms with Crippen molar-refractivity contribution in [3.8, 4) is 0 Å². The molecular formula is C16H18F3N3O4. The molecule has 1 aliphatic rings. The summed E-state index contributed by atoms with van der Waals surface area (Å²) in [6, 6.07) is 8.13. The number of rotatable bonds is 4. The Morgan fingerprint density at radius 1 is 1.35 bits per heavy atom. The van der Waals surface area contributed by atoms with Crippen molar-refractivity contribution >= 4 is 22.9 Å². The average Bonchev–Trinajstić information content (AvgIpc) is 3.22. The lowest BCUT2D eigenvalue weighted by Crippen LogP contribution is -2.35. The van der Waals surface area contributed by atoms with Crippen LogP contribution in [0.5, 0.6) is 0 Å². The fourth-order valence-corrected chi connectivity index (χ4v) is 2.36. The summed E-state index contributed by atoms with van der Waals surface area (Å²) in [6.07, 6.45) is -1.91. The summed E-state index contributed by atoms with van der Waals surface area (Å²) >= 11 is 0. The Kier molecular flexibility index (Phi) is 6.56. The van der Waals surface area contributed by atoms with Crippen LogP contribution in [0.25, 0.3) is 11.0 Å². The molecule has 3 rings (SSSR count). The van der Waals surface area contributed by atoms with Crippen LogP contribution in [0.15, 0.2) is 30.6 Å². The lowest BCUT2D eigenvalue weighted by molar-refractivity contribution is -0.192. The number of benzene rings is 1. The van der Waals surface area contributed by atoms with Gasteiger partial charge in [0.15, 0.2) is 0 Å². The van der Waals surface area contributed by atoms with Gasteiger partial charge in [-0.25, -0.2) is 9.78 Å². The van der Waals surface area contributed by atoms with Crippen LogP contribution in [0.4, 0.5) is 13.2 Å². The van der Waals surface area contributed by atoms with Crippen LogP contribution in [0.1, 0.15) is 12.8 Å². The second-order valence-electron chi connectivity index (χ2n) is 5.61. The molecule has 1 aliphatic heterocycles. The van der Waals surface area contributed by atoms with Crippen LogP contribution in [0.3, 0.4) is 0 Å². The van der Waals surface area contributed by atoms with Crippen LogP contribution >= 0.6 is 0 Å². The lowest BCUT2D eigenvalue weighted by atomic mass is 10.2. The maximum atomic E-state index is 11.8. The number of imidazole rings is 1. The number of ether oxygens (including phenoxy) is 1. The minimum Gasteiger partial charge on any atom is -0.475 e. The topological polar surface area (TPSA) is 93.5 Å². The molecule has 1 aromatic heterocycles. The van der Waals surface area contributed by atoms with E-state index in [9.17, 15) is 18.0 Å². The largest absolute Gasteiger partial charge is 0.490 e. The van der Waals surface area contributed by atoms with E-state index >= 15 is 0 Å². The van der Waals surface area contributed by atoms with Gasteiger partial charge in [-0.05, 0) is 18.6 Å². The zero-order chi connectivity index (χ0) is 19.2. The van der Waals surface area contributed by atoms with E-state index in [2.05, 4.69) is 10.3 Å². The standard InChI is InChI=1S/C14H17N3O2.C2HF3O2/c18-14(16-11-6-8-19-9-11)5-7-17-10-15-12-3-1-2-4-13(12)17;3-2(4,5)1(6)7/h1-4,10-11H,5-9H2,(H,16,18);(H,6,7). The number of nitrogens with one attached hydrogen (secondary N) is 1. The van der Waals surface area contributed by atoms with Gasteiger partial charge in [0.2, 0.25) is 5.91 Å². The van der Waals surface area contributed by atoms with Crippen molar-refractivity contribution in [1.29, 1.82) is 0 Å². The van der Waals surface area contributed by atoms with Crippen molar-refractivity contribution in [3.05, 3.63) is 30.6 Å². The number of fused-ring (bicyclic) bond motifs is 1. The predicted molar refractivity (Wildman–Crippen MR) is 85.4 cm³/mol. The van der Waals surface area contributed by atoms with Gasteiger partial charge in [0.25, 0.3) is 0 Å². The smallest absolute Gasteiger partial charge is 0.475 e. The summed E-state index contributed by atoms with van der Waals surface area (Å²) in [6.45, 7) is 2.04. The Morgan fingerprint density at radius 3 is 2.65 bits per heavy atom. The number of aromatic nitrogens is 2. The molecular weight excluding hydrogens is 355 g/mol. The third-order valence-corrected chi connectivity index (χ3v) is 3.64. The monoisotopic (exact) mass is 373 g/mol. The number of aliphatic carboxylic acids is 1. The second-order valence-corrected chi connectivity index (χ2v) is 5.61. The number of halogens is 3. The molecule has 26 heavy (non-hydrogen) atoms. The zero-order valence-electron chi connectivity index (χ0n) is 13.7. The summed E-state index contributed by atoms with van der Waals surface area (Å²) < 4.78 is 39.0. The van der Waals surface area contributed by atoms with E-state index in [4.69, 9.17) is 14.6 Å². The fraction of sp³-hybridized carbons (Fsp3) is 0.438. The van der Waals surface area contributed by atoms with Crippen LogP contribution in [0, 0.1) is 0 Å². The number of amides is 1. The van der Waals surface area contributed by atoms with Gasteiger partial charge in [-0.3, -0.25) is 4.79 Å². The predicted octanol–water partition coefficient (Wildman–Crippen LogP) is 1.96. The highest BCUT2D eigenvalue weighted by Crippen LogP contribution is 2.13. The molecule has 1 amide bonds. The molecule has 2 N–H and O–H groups in total. The molecule has 10 heteroatoms. The quantitative estimate of drug-likeness (QED) is 0.855. The third-order valence-electron chi connectivity index (χ3n) is 3.64. The normalized spacial score (nSPS) is 16.8. The Labute approximate surface area is 146 Å². The summed E-state index contributed by atoms with van der Waals surface area (Å²) in [5.74, 6) is -2.68. The zero-order valence-corrected chi connectivity index (χ0v) is 13.7. The number of hydrogen-bond donors (Lipinski definition) is 2. The van der Waals surface area contributed by atoms with Gasteiger partial charge in [-0.15, -0.1) is 0 Å². The first kappa shape index (κ1) is 19.7. The third kappa shape index (κ3) is 5.73. The molecule has 2 aromatic rings. The van der Waals surface area contributed by atoms with Gasteiger partial charge in [-0.1, -0.05) is 12.1 Å². The van der Waals surface area contributed by atoms with Crippen LogP contribution in [-0.4, -0.2) is 52.0 Å². The van der Waals surface area contributed by atoms with E-state index in [0.29, 0.717) is 19.6 Å². The SMILES string of the molecule is O=C(CCn1cnc2ccccc21)NC1CCOC1.O=C(O)C(F)(F)F. The molecule has 0 spiro atoms. The first-order valence-corrected chi connectivity index (χ1v) is 7.84. The van der Waals surface area contributed by atoms with Crippen molar-refractivity contribution in [2.45, 2.75) is 31.6 Å². The van der Waals surface area contributed by atoms with Crippen LogP contribution < -0.4 is 5.32 Å². The highest BCUT2D eigenvalue weighted by molar-refractivity contribution is 5.77. The van der Waals surface area contributed by atoms with E-state index in [1.807, 2.05) is 28.8 Å². The number of carboxylic acid groups (broad SMARTS) is 1. The first-order valence-electron chi connectivity index (χ1n) is 7.84. The number of aryl methyl sites for hydroxylation is 1. The van der Waals surface area contributed by atoms with Crippen LogP contribution in [-0.2, 0) is 20.9 Å². The Morgan fingerprint density at radius 2 is 2.04 bits per heavy atom. The summed E-state index contributed by atoms with van der Waals surface area (Å²) in [4.78, 5) is 25.0. The fourth-order valence-electron chi connectivity index (χ4n) is 2.36. The van der Waals surface area contributed by atoms with E-state index in [1.54, 1.807) is 6.33 Å². The summed E-state index contributed by atoms with van der Waals surface area (Å²) in [5.41, 5.74) is 2.03. The molecule has 1 unspecified atom stereocenters. The molecule has 1 aromatic carbocycles. The van der Waals surface area contributed by atoms with E-state index in [0.717, 1.165) is 24.1 Å². The van der Waals surface area contributed by atoms with Gasteiger partial charge in [-0.2, -0.15) is 13.2 Å². The maximum absolute atomic E-state index is 11.8. The highest BCUT2D eigenvalue weighted by atomic mass is 19.4.